The highest BCUT2D eigenvalue weighted by Crippen LogP contribution is 2.29. The number of carbonyl (C=O) groups excluding carboxylic acids is 2. The first-order chi connectivity index (χ1) is 20.5. The summed E-state index contributed by atoms with van der Waals surface area (Å²) in [5.41, 5.74) is 4.40. The van der Waals surface area contributed by atoms with Gasteiger partial charge in [0.15, 0.2) is 0 Å². The molecule has 0 spiro atoms. The summed E-state index contributed by atoms with van der Waals surface area (Å²) in [5.74, 6) is -0.635. The van der Waals surface area contributed by atoms with Crippen LogP contribution < -0.4 is 15.5 Å². The number of benzene rings is 3. The minimum absolute atomic E-state index is 0.178. The summed E-state index contributed by atoms with van der Waals surface area (Å²) in [6.07, 6.45) is 0.627. The summed E-state index contributed by atoms with van der Waals surface area (Å²) in [4.78, 5) is 24.4. The molecule has 0 saturated carbocycles. The molecule has 4 aromatic rings. The van der Waals surface area contributed by atoms with Crippen LogP contribution in [0.25, 0.3) is 11.1 Å². The fourth-order valence-electron chi connectivity index (χ4n) is 4.15. The molecule has 2 amide bonds. The fraction of sp³-hybridized carbons (Fsp3) is 0.241. The molecular formula is C29H30FN6O6S-. The molecule has 43 heavy (non-hydrogen) atoms. The Hall–Kier alpha value is -4.66. The maximum absolute atomic E-state index is 14.9. The molecule has 0 unspecified atom stereocenters. The van der Waals surface area contributed by atoms with E-state index in [0.717, 1.165) is 22.4 Å². The van der Waals surface area contributed by atoms with Crippen LogP contribution in [-0.4, -0.2) is 59.6 Å². The predicted molar refractivity (Wildman–Crippen MR) is 154 cm³/mol. The Morgan fingerprint density at radius 1 is 1.12 bits per heavy atom. The van der Waals surface area contributed by atoms with Crippen molar-refractivity contribution in [3.05, 3.63) is 95.6 Å². The minimum atomic E-state index is -4.27. The summed E-state index contributed by atoms with van der Waals surface area (Å²) in [7, 11) is -4.27. The molecule has 3 aromatic carbocycles. The van der Waals surface area contributed by atoms with Gasteiger partial charge in [-0.1, -0.05) is 42.0 Å². The van der Waals surface area contributed by atoms with Gasteiger partial charge in [-0.3, -0.25) is 9.69 Å². The number of aromatic nitrogens is 3. The lowest BCUT2D eigenvalue weighted by atomic mass is 10.0. The van der Waals surface area contributed by atoms with Gasteiger partial charge in [-0.2, -0.15) is 15.4 Å². The number of nitrogens with zero attached hydrogens (tertiary/aromatic N) is 3. The van der Waals surface area contributed by atoms with Crippen molar-refractivity contribution in [1.29, 1.82) is 0 Å². The van der Waals surface area contributed by atoms with Crippen LogP contribution in [0.15, 0.2) is 77.8 Å². The molecule has 5 rings (SSSR count). The van der Waals surface area contributed by atoms with E-state index in [-0.39, 0.29) is 23.9 Å². The Balaban J connectivity index is 0.000000324. The number of rotatable bonds is 9. The molecule has 1 aliphatic heterocycles. The van der Waals surface area contributed by atoms with Crippen LogP contribution in [0.3, 0.4) is 0 Å². The van der Waals surface area contributed by atoms with Gasteiger partial charge in [-0.15, -0.1) is 0 Å². The van der Waals surface area contributed by atoms with E-state index in [2.05, 4.69) is 26.0 Å². The van der Waals surface area contributed by atoms with Crippen molar-refractivity contribution in [3.8, 4) is 11.1 Å². The topological polar surface area (TPSA) is 169 Å². The van der Waals surface area contributed by atoms with Crippen LogP contribution in [0, 0.1) is 12.7 Å². The SMILES string of the molecule is CC(=O)NC[C@H]1CN(c2ccc(-c3ccc(CNCc4cn[nH]n4)cc3)c(F)c2)C(=O)O1.Cc1ccc(S(=O)(=O)[O-])cc1. The highest BCUT2D eigenvalue weighted by molar-refractivity contribution is 7.85. The van der Waals surface area contributed by atoms with E-state index in [9.17, 15) is 27.0 Å². The van der Waals surface area contributed by atoms with E-state index < -0.39 is 28.1 Å². The molecule has 1 fully saturated rings. The molecule has 0 radical (unpaired) electrons. The number of hydrogen-bond donors (Lipinski definition) is 3. The molecule has 1 aromatic heterocycles. The number of H-pyrrole nitrogens is 1. The van der Waals surface area contributed by atoms with Crippen LogP contribution in [-0.2, 0) is 32.7 Å². The van der Waals surface area contributed by atoms with E-state index in [1.54, 1.807) is 30.5 Å². The summed E-state index contributed by atoms with van der Waals surface area (Å²) in [5, 5.41) is 16.2. The average molecular weight is 610 g/mol. The molecule has 0 aliphatic carbocycles. The Labute approximate surface area is 248 Å². The Morgan fingerprint density at radius 2 is 1.84 bits per heavy atom. The van der Waals surface area contributed by atoms with Gasteiger partial charge in [-0.05, 0) is 48.4 Å². The van der Waals surface area contributed by atoms with Crippen LogP contribution >= 0.6 is 0 Å². The van der Waals surface area contributed by atoms with E-state index in [4.69, 9.17) is 4.74 Å². The summed E-state index contributed by atoms with van der Waals surface area (Å²) < 4.78 is 51.3. The van der Waals surface area contributed by atoms with Crippen molar-refractivity contribution < 1.29 is 31.7 Å². The summed E-state index contributed by atoms with van der Waals surface area (Å²) in [6, 6.07) is 18.0. The average Bonchev–Trinajstić information content (AvgIpc) is 3.62. The monoisotopic (exact) mass is 609 g/mol. The van der Waals surface area contributed by atoms with Crippen LogP contribution in [0.4, 0.5) is 14.9 Å². The van der Waals surface area contributed by atoms with Crippen molar-refractivity contribution in [1.82, 2.24) is 26.0 Å². The van der Waals surface area contributed by atoms with Gasteiger partial charge in [0.1, 0.15) is 22.0 Å². The molecule has 1 atom stereocenters. The van der Waals surface area contributed by atoms with Gasteiger partial charge >= 0.3 is 6.09 Å². The number of ether oxygens (including phenoxy) is 1. The van der Waals surface area contributed by atoms with Crippen molar-refractivity contribution in [2.75, 3.05) is 18.0 Å². The second kappa shape index (κ2) is 14.0. The van der Waals surface area contributed by atoms with Gasteiger partial charge in [0.2, 0.25) is 5.91 Å². The van der Waals surface area contributed by atoms with Gasteiger partial charge in [0.05, 0.1) is 35.6 Å². The normalized spacial score (nSPS) is 14.6. The number of aryl methyl sites for hydroxylation is 1. The van der Waals surface area contributed by atoms with Gasteiger partial charge in [0.25, 0.3) is 0 Å². The van der Waals surface area contributed by atoms with Crippen LogP contribution in [0.5, 0.6) is 0 Å². The van der Waals surface area contributed by atoms with Crippen LogP contribution in [0.1, 0.15) is 23.7 Å². The predicted octanol–water partition coefficient (Wildman–Crippen LogP) is 3.26. The lowest BCUT2D eigenvalue weighted by Crippen LogP contribution is -2.33. The standard InChI is InChI=1S/C22H23FN6O3.C7H8O3S/c1-14(30)25-12-19-13-29(22(31)32-19)18-6-7-20(21(23)8-18)16-4-2-15(3-5-16)9-24-10-17-11-26-28-27-17;1-6-2-4-7(5-3-6)11(8,9)10/h2-8,11,19,24H,9-10,12-13H2,1H3,(H,25,30)(H,26,27,28);2-5H,1H3,(H,8,9,10)/p-1/t19-;/m0./s1. The van der Waals surface area contributed by atoms with E-state index >= 15 is 0 Å². The first-order valence-corrected chi connectivity index (χ1v) is 14.6. The van der Waals surface area contributed by atoms with E-state index in [1.807, 2.05) is 31.2 Å². The van der Waals surface area contributed by atoms with Crippen molar-refractivity contribution in [2.24, 2.45) is 0 Å². The van der Waals surface area contributed by atoms with E-state index in [0.29, 0.717) is 24.3 Å². The number of amides is 2. The second-order valence-electron chi connectivity index (χ2n) is 9.75. The second-order valence-corrected chi connectivity index (χ2v) is 11.1. The molecule has 14 heteroatoms. The third-order valence-corrected chi connectivity index (χ3v) is 7.24. The number of cyclic esters (lactones) is 1. The largest absolute Gasteiger partial charge is 0.744 e. The highest BCUT2D eigenvalue weighted by Gasteiger charge is 2.32. The molecule has 226 valence electrons. The van der Waals surface area contributed by atoms with Crippen molar-refractivity contribution in [2.45, 2.75) is 37.9 Å². The zero-order valence-electron chi connectivity index (χ0n) is 23.4. The number of carbonyl (C=O) groups is 2. The zero-order chi connectivity index (χ0) is 31.0. The molecule has 3 N–H and O–H groups in total. The fourth-order valence-corrected chi connectivity index (χ4v) is 4.62. The van der Waals surface area contributed by atoms with Gasteiger partial charge in [0, 0.05) is 25.6 Å². The molecule has 0 bridgehead atoms. The smallest absolute Gasteiger partial charge is 0.414 e. The van der Waals surface area contributed by atoms with E-state index in [1.165, 1.54) is 30.0 Å². The third-order valence-electron chi connectivity index (χ3n) is 6.39. The molecule has 1 saturated heterocycles. The first kappa shape index (κ1) is 31.3. The van der Waals surface area contributed by atoms with Crippen molar-refractivity contribution >= 4 is 27.8 Å². The summed E-state index contributed by atoms with van der Waals surface area (Å²) in [6.45, 7) is 4.92. The number of hydrogen-bond acceptors (Lipinski definition) is 9. The lowest BCUT2D eigenvalue weighted by Gasteiger charge is -2.15. The lowest BCUT2D eigenvalue weighted by molar-refractivity contribution is -0.119. The maximum Gasteiger partial charge on any atom is 0.414 e. The summed E-state index contributed by atoms with van der Waals surface area (Å²) >= 11 is 0. The molecule has 1 aliphatic rings. The van der Waals surface area contributed by atoms with Gasteiger partial charge < -0.3 is 19.9 Å². The molecule has 2 heterocycles. The molecule has 12 nitrogen and oxygen atoms in total. The Bertz CT molecular complexity index is 1650. The number of aromatic amines is 1. The number of halogens is 1. The zero-order valence-corrected chi connectivity index (χ0v) is 24.2. The highest BCUT2D eigenvalue weighted by atomic mass is 32.2. The van der Waals surface area contributed by atoms with Crippen molar-refractivity contribution in [3.63, 3.8) is 0 Å². The van der Waals surface area contributed by atoms with Crippen LogP contribution in [0.2, 0.25) is 0 Å². The number of anilines is 1. The quantitative estimate of drug-likeness (QED) is 0.241. The maximum atomic E-state index is 14.9. The molecular weight excluding hydrogens is 579 g/mol. The first-order valence-electron chi connectivity index (χ1n) is 13.2. The van der Waals surface area contributed by atoms with Gasteiger partial charge in [-0.25, -0.2) is 17.6 Å². The third kappa shape index (κ3) is 8.91. The Kier molecular flexibility index (Phi) is 10.2. The number of nitrogens with one attached hydrogen (secondary N) is 3. The Morgan fingerprint density at radius 3 is 2.44 bits per heavy atom. The minimum Gasteiger partial charge on any atom is -0.744 e.